The highest BCUT2D eigenvalue weighted by atomic mass is 79.9. The van der Waals surface area contributed by atoms with E-state index in [1.54, 1.807) is 16.8 Å². The Labute approximate surface area is 126 Å². The van der Waals surface area contributed by atoms with Crippen molar-refractivity contribution in [3.8, 4) is 0 Å². The minimum atomic E-state index is -0.0887. The SMILES string of the molecule is CC1(CN)CCN(C(=O)CCn2cc(Br)ccc2=O)C1. The maximum atomic E-state index is 12.2. The lowest BCUT2D eigenvalue weighted by Gasteiger charge is -2.22. The van der Waals surface area contributed by atoms with Crippen LogP contribution in [0.5, 0.6) is 0 Å². The average Bonchev–Trinajstić information content (AvgIpc) is 2.83. The normalized spacial score (nSPS) is 22.2. The number of rotatable bonds is 4. The number of nitrogens with two attached hydrogens (primary N) is 1. The number of halogens is 1. The number of carbonyl (C=O) groups is 1. The van der Waals surface area contributed by atoms with E-state index in [0.29, 0.717) is 19.5 Å². The molecule has 5 nitrogen and oxygen atoms in total. The van der Waals surface area contributed by atoms with Crippen molar-refractivity contribution in [2.45, 2.75) is 26.3 Å². The molecule has 1 aliphatic heterocycles. The van der Waals surface area contributed by atoms with E-state index in [9.17, 15) is 9.59 Å². The van der Waals surface area contributed by atoms with Crippen LogP contribution in [0.1, 0.15) is 19.8 Å². The zero-order chi connectivity index (χ0) is 14.8. The van der Waals surface area contributed by atoms with Crippen molar-refractivity contribution in [1.29, 1.82) is 0 Å². The Balaban J connectivity index is 1.93. The molecule has 2 heterocycles. The van der Waals surface area contributed by atoms with Crippen LogP contribution in [0.25, 0.3) is 0 Å². The van der Waals surface area contributed by atoms with Gasteiger partial charge in [0.2, 0.25) is 5.91 Å². The lowest BCUT2D eigenvalue weighted by molar-refractivity contribution is -0.130. The summed E-state index contributed by atoms with van der Waals surface area (Å²) in [7, 11) is 0. The molecule has 1 fully saturated rings. The highest BCUT2D eigenvalue weighted by molar-refractivity contribution is 9.10. The quantitative estimate of drug-likeness (QED) is 0.894. The highest BCUT2D eigenvalue weighted by Gasteiger charge is 2.34. The number of nitrogens with zero attached hydrogens (tertiary/aromatic N) is 2. The molecule has 1 saturated heterocycles. The zero-order valence-electron chi connectivity index (χ0n) is 11.6. The molecule has 1 aliphatic rings. The Morgan fingerprint density at radius 1 is 1.50 bits per heavy atom. The molecule has 0 bridgehead atoms. The van der Waals surface area contributed by atoms with E-state index in [0.717, 1.165) is 24.0 Å². The summed E-state index contributed by atoms with van der Waals surface area (Å²) in [5.74, 6) is 0.0917. The largest absolute Gasteiger partial charge is 0.342 e. The minimum absolute atomic E-state index is 0.0439. The van der Waals surface area contributed by atoms with Gasteiger partial charge in [0.1, 0.15) is 0 Å². The van der Waals surface area contributed by atoms with Gasteiger partial charge < -0.3 is 15.2 Å². The molecule has 2 N–H and O–H groups in total. The van der Waals surface area contributed by atoms with Crippen molar-refractivity contribution in [2.75, 3.05) is 19.6 Å². The van der Waals surface area contributed by atoms with Crippen molar-refractivity contribution in [2.24, 2.45) is 11.1 Å². The first-order valence-corrected chi connectivity index (χ1v) is 7.57. The predicted octanol–water partition coefficient (Wildman–Crippen LogP) is 1.20. The van der Waals surface area contributed by atoms with Crippen LogP contribution in [-0.4, -0.2) is 35.0 Å². The summed E-state index contributed by atoms with van der Waals surface area (Å²) < 4.78 is 2.39. The van der Waals surface area contributed by atoms with Gasteiger partial charge in [-0.15, -0.1) is 0 Å². The van der Waals surface area contributed by atoms with Gasteiger partial charge in [0, 0.05) is 42.8 Å². The molecule has 110 valence electrons. The van der Waals surface area contributed by atoms with Gasteiger partial charge in [-0.05, 0) is 40.4 Å². The van der Waals surface area contributed by atoms with Crippen LogP contribution < -0.4 is 11.3 Å². The number of amides is 1. The van der Waals surface area contributed by atoms with E-state index >= 15 is 0 Å². The molecule has 1 aromatic rings. The maximum Gasteiger partial charge on any atom is 0.250 e. The fourth-order valence-electron chi connectivity index (χ4n) is 2.45. The summed E-state index contributed by atoms with van der Waals surface area (Å²) in [5.41, 5.74) is 5.70. The average molecular weight is 342 g/mol. The number of aryl methyl sites for hydroxylation is 1. The maximum absolute atomic E-state index is 12.2. The van der Waals surface area contributed by atoms with Gasteiger partial charge in [-0.3, -0.25) is 9.59 Å². The molecular weight excluding hydrogens is 322 g/mol. The number of pyridine rings is 1. The molecule has 6 heteroatoms. The number of hydrogen-bond acceptors (Lipinski definition) is 3. The monoisotopic (exact) mass is 341 g/mol. The first kappa shape index (κ1) is 15.3. The first-order chi connectivity index (χ1) is 9.43. The van der Waals surface area contributed by atoms with Crippen molar-refractivity contribution >= 4 is 21.8 Å². The van der Waals surface area contributed by atoms with Crippen LogP contribution in [0.15, 0.2) is 27.6 Å². The molecule has 2 rings (SSSR count). The van der Waals surface area contributed by atoms with Crippen molar-refractivity contribution in [1.82, 2.24) is 9.47 Å². The van der Waals surface area contributed by atoms with Crippen molar-refractivity contribution < 1.29 is 4.79 Å². The van der Waals surface area contributed by atoms with Crippen LogP contribution >= 0.6 is 15.9 Å². The fourth-order valence-corrected chi connectivity index (χ4v) is 2.83. The summed E-state index contributed by atoms with van der Waals surface area (Å²) in [6.07, 6.45) is 3.01. The van der Waals surface area contributed by atoms with E-state index in [1.165, 1.54) is 6.07 Å². The van der Waals surface area contributed by atoms with E-state index in [-0.39, 0.29) is 16.9 Å². The fraction of sp³-hybridized carbons (Fsp3) is 0.571. The molecule has 1 aromatic heterocycles. The van der Waals surface area contributed by atoms with Gasteiger partial charge in [-0.1, -0.05) is 6.92 Å². The first-order valence-electron chi connectivity index (χ1n) is 6.77. The standard InChI is InChI=1S/C14H20BrN3O2/c1-14(9-16)5-7-18(10-14)13(20)4-6-17-8-11(15)2-3-12(17)19/h2-3,8H,4-7,9-10,16H2,1H3. The molecule has 0 spiro atoms. The van der Waals surface area contributed by atoms with Crippen LogP contribution in [0.2, 0.25) is 0 Å². The number of hydrogen-bond donors (Lipinski definition) is 1. The van der Waals surface area contributed by atoms with Crippen LogP contribution in [0.4, 0.5) is 0 Å². The van der Waals surface area contributed by atoms with Gasteiger partial charge in [0.15, 0.2) is 0 Å². The molecule has 0 aliphatic carbocycles. The summed E-state index contributed by atoms with van der Waals surface area (Å²) in [4.78, 5) is 25.7. The summed E-state index contributed by atoms with van der Waals surface area (Å²) >= 11 is 3.32. The predicted molar refractivity (Wildman–Crippen MR) is 81.4 cm³/mol. The Hall–Kier alpha value is -1.14. The van der Waals surface area contributed by atoms with Gasteiger partial charge in [-0.25, -0.2) is 0 Å². The summed E-state index contributed by atoms with van der Waals surface area (Å²) in [6.45, 7) is 4.60. The van der Waals surface area contributed by atoms with Crippen LogP contribution in [-0.2, 0) is 11.3 Å². The topological polar surface area (TPSA) is 68.3 Å². The molecule has 0 saturated carbocycles. The lowest BCUT2D eigenvalue weighted by atomic mass is 9.90. The van der Waals surface area contributed by atoms with Gasteiger partial charge >= 0.3 is 0 Å². The third-order valence-corrected chi connectivity index (χ3v) is 4.39. The molecular formula is C14H20BrN3O2. The van der Waals surface area contributed by atoms with Crippen molar-refractivity contribution in [3.05, 3.63) is 33.2 Å². The number of carbonyl (C=O) groups excluding carboxylic acids is 1. The van der Waals surface area contributed by atoms with E-state index in [2.05, 4.69) is 22.9 Å². The molecule has 1 unspecified atom stereocenters. The Morgan fingerprint density at radius 3 is 2.90 bits per heavy atom. The molecule has 0 aromatic carbocycles. The zero-order valence-corrected chi connectivity index (χ0v) is 13.2. The van der Waals surface area contributed by atoms with E-state index in [4.69, 9.17) is 5.73 Å². The van der Waals surface area contributed by atoms with Crippen LogP contribution in [0, 0.1) is 5.41 Å². The Morgan fingerprint density at radius 2 is 2.25 bits per heavy atom. The van der Waals surface area contributed by atoms with E-state index < -0.39 is 0 Å². The third-order valence-electron chi connectivity index (χ3n) is 3.92. The number of likely N-dealkylation sites (tertiary alicyclic amines) is 1. The van der Waals surface area contributed by atoms with Gasteiger partial charge in [0.25, 0.3) is 5.56 Å². The molecule has 20 heavy (non-hydrogen) atoms. The molecule has 1 atom stereocenters. The Bertz CT molecular complexity index is 558. The highest BCUT2D eigenvalue weighted by Crippen LogP contribution is 2.28. The molecule has 1 amide bonds. The second-order valence-electron chi connectivity index (χ2n) is 5.71. The lowest BCUT2D eigenvalue weighted by Crippen LogP contribution is -2.35. The third kappa shape index (κ3) is 3.49. The van der Waals surface area contributed by atoms with Gasteiger partial charge in [-0.2, -0.15) is 0 Å². The second-order valence-corrected chi connectivity index (χ2v) is 6.62. The summed E-state index contributed by atoms with van der Waals surface area (Å²) in [6, 6.07) is 3.20. The van der Waals surface area contributed by atoms with Gasteiger partial charge in [0.05, 0.1) is 0 Å². The van der Waals surface area contributed by atoms with Crippen molar-refractivity contribution in [3.63, 3.8) is 0 Å². The van der Waals surface area contributed by atoms with Crippen LogP contribution in [0.3, 0.4) is 0 Å². The number of aromatic nitrogens is 1. The smallest absolute Gasteiger partial charge is 0.250 e. The van der Waals surface area contributed by atoms with E-state index in [1.807, 2.05) is 4.90 Å². The second kappa shape index (κ2) is 6.10. The minimum Gasteiger partial charge on any atom is -0.342 e. The molecule has 0 radical (unpaired) electrons. The summed E-state index contributed by atoms with van der Waals surface area (Å²) in [5, 5.41) is 0. The Kier molecular flexibility index (Phi) is 4.65.